The van der Waals surface area contributed by atoms with E-state index in [2.05, 4.69) is 6.08 Å². The fourth-order valence-corrected chi connectivity index (χ4v) is 4.33. The molecule has 1 aliphatic carbocycles. The molecule has 132 valence electrons. The number of ether oxygens (including phenoxy) is 2. The van der Waals surface area contributed by atoms with Crippen LogP contribution in [0.2, 0.25) is 0 Å². The smallest absolute Gasteiger partial charge is 0.166 e. The van der Waals surface area contributed by atoms with Crippen molar-refractivity contribution in [3.05, 3.63) is 47.2 Å². The maximum absolute atomic E-state index is 10.1. The summed E-state index contributed by atoms with van der Waals surface area (Å²) in [5.41, 5.74) is 1.97. The summed E-state index contributed by atoms with van der Waals surface area (Å²) in [7, 11) is 1.62. The van der Waals surface area contributed by atoms with E-state index in [4.69, 9.17) is 20.0 Å². The van der Waals surface area contributed by atoms with Crippen molar-refractivity contribution in [3.8, 4) is 23.6 Å². The average molecular weight is 349 g/mol. The lowest BCUT2D eigenvalue weighted by Crippen LogP contribution is -2.42. The minimum Gasteiger partial charge on any atom is -0.493 e. The SMILES string of the molecule is COc1ccc2c3c1O[C@H]1C[C@@H](O)C=C[C@@]31CCN(C=C(C#N)C#N)C2. The summed E-state index contributed by atoms with van der Waals surface area (Å²) in [6, 6.07) is 7.76. The van der Waals surface area contributed by atoms with Crippen LogP contribution >= 0.6 is 0 Å². The van der Waals surface area contributed by atoms with Crippen molar-refractivity contribution in [2.24, 2.45) is 0 Å². The first-order valence-corrected chi connectivity index (χ1v) is 8.62. The van der Waals surface area contributed by atoms with Gasteiger partial charge in [0.25, 0.3) is 0 Å². The lowest BCUT2D eigenvalue weighted by molar-refractivity contribution is 0.0828. The van der Waals surface area contributed by atoms with E-state index in [1.165, 1.54) is 0 Å². The topological polar surface area (TPSA) is 89.5 Å². The summed E-state index contributed by atoms with van der Waals surface area (Å²) in [5.74, 6) is 1.44. The molecular weight excluding hydrogens is 330 g/mol. The first kappa shape index (κ1) is 16.5. The van der Waals surface area contributed by atoms with E-state index in [1.54, 1.807) is 13.3 Å². The monoisotopic (exact) mass is 349 g/mol. The molecule has 2 heterocycles. The molecule has 0 amide bonds. The molecular formula is C20H19N3O3. The summed E-state index contributed by atoms with van der Waals surface area (Å²) in [6.07, 6.45) is 6.19. The van der Waals surface area contributed by atoms with Gasteiger partial charge >= 0.3 is 0 Å². The quantitative estimate of drug-likeness (QED) is 0.650. The van der Waals surface area contributed by atoms with Crippen LogP contribution in [0.3, 0.4) is 0 Å². The molecule has 0 saturated heterocycles. The molecule has 0 aromatic heterocycles. The van der Waals surface area contributed by atoms with Gasteiger partial charge in [-0.1, -0.05) is 18.2 Å². The molecule has 1 spiro atoms. The Hall–Kier alpha value is -2.96. The maximum atomic E-state index is 10.1. The third-order valence-corrected chi connectivity index (χ3v) is 5.54. The maximum Gasteiger partial charge on any atom is 0.166 e. The van der Waals surface area contributed by atoms with E-state index in [0.717, 1.165) is 23.3 Å². The van der Waals surface area contributed by atoms with Crippen LogP contribution in [0.4, 0.5) is 0 Å². The van der Waals surface area contributed by atoms with Crippen LogP contribution in [0.1, 0.15) is 24.0 Å². The lowest BCUT2D eigenvalue weighted by Gasteiger charge is -2.35. The van der Waals surface area contributed by atoms with Gasteiger partial charge in [0.15, 0.2) is 11.5 Å². The summed E-state index contributed by atoms with van der Waals surface area (Å²) >= 11 is 0. The van der Waals surface area contributed by atoms with Gasteiger partial charge in [0.2, 0.25) is 0 Å². The van der Waals surface area contributed by atoms with Gasteiger partial charge in [-0.15, -0.1) is 0 Å². The number of benzene rings is 1. The van der Waals surface area contributed by atoms with Gasteiger partial charge in [0.1, 0.15) is 23.8 Å². The van der Waals surface area contributed by atoms with E-state index in [9.17, 15) is 5.11 Å². The third kappa shape index (κ3) is 2.34. The first-order chi connectivity index (χ1) is 12.6. The van der Waals surface area contributed by atoms with Crippen LogP contribution in [0, 0.1) is 22.7 Å². The van der Waals surface area contributed by atoms with Gasteiger partial charge in [-0.05, 0) is 18.1 Å². The largest absolute Gasteiger partial charge is 0.493 e. The van der Waals surface area contributed by atoms with E-state index in [1.807, 2.05) is 35.2 Å². The molecule has 4 rings (SSSR count). The number of aliphatic hydroxyl groups excluding tert-OH is 1. The van der Waals surface area contributed by atoms with Gasteiger partial charge < -0.3 is 19.5 Å². The zero-order valence-corrected chi connectivity index (χ0v) is 14.5. The first-order valence-electron chi connectivity index (χ1n) is 8.62. The van der Waals surface area contributed by atoms with Crippen LogP contribution in [0.15, 0.2) is 36.1 Å². The van der Waals surface area contributed by atoms with E-state index >= 15 is 0 Å². The van der Waals surface area contributed by atoms with Crippen molar-refractivity contribution < 1.29 is 14.6 Å². The highest BCUT2D eigenvalue weighted by molar-refractivity contribution is 5.61. The van der Waals surface area contributed by atoms with E-state index in [-0.39, 0.29) is 17.1 Å². The highest BCUT2D eigenvalue weighted by Crippen LogP contribution is 2.55. The number of rotatable bonds is 2. The van der Waals surface area contributed by atoms with Crippen molar-refractivity contribution in [2.45, 2.75) is 37.0 Å². The molecule has 1 N–H and O–H groups in total. The van der Waals surface area contributed by atoms with Gasteiger partial charge in [-0.25, -0.2) is 0 Å². The minimum atomic E-state index is -0.516. The van der Waals surface area contributed by atoms with Crippen LogP contribution in [-0.2, 0) is 12.0 Å². The summed E-state index contributed by atoms with van der Waals surface area (Å²) < 4.78 is 11.8. The zero-order valence-electron chi connectivity index (χ0n) is 14.5. The molecule has 3 atom stereocenters. The Labute approximate surface area is 152 Å². The van der Waals surface area contributed by atoms with Crippen molar-refractivity contribution in [3.63, 3.8) is 0 Å². The Kier molecular flexibility index (Phi) is 3.86. The molecule has 2 aliphatic heterocycles. The molecule has 0 unspecified atom stereocenters. The van der Waals surface area contributed by atoms with Crippen LogP contribution in [0.5, 0.6) is 11.5 Å². The number of aliphatic hydroxyl groups is 1. The highest BCUT2D eigenvalue weighted by Gasteiger charge is 2.52. The molecule has 6 nitrogen and oxygen atoms in total. The van der Waals surface area contributed by atoms with Crippen LogP contribution < -0.4 is 9.47 Å². The average Bonchev–Trinajstić information content (AvgIpc) is 2.89. The summed E-state index contributed by atoms with van der Waals surface area (Å²) in [6.45, 7) is 1.27. The number of hydrogen-bond donors (Lipinski definition) is 1. The van der Waals surface area contributed by atoms with Crippen molar-refractivity contribution in [1.29, 1.82) is 10.5 Å². The third-order valence-electron chi connectivity index (χ3n) is 5.54. The second kappa shape index (κ2) is 6.09. The zero-order chi connectivity index (χ0) is 18.3. The lowest BCUT2D eigenvalue weighted by atomic mass is 9.69. The second-order valence-corrected chi connectivity index (χ2v) is 6.93. The van der Waals surface area contributed by atoms with Crippen LogP contribution in [-0.4, -0.2) is 35.9 Å². The van der Waals surface area contributed by atoms with Crippen molar-refractivity contribution in [1.82, 2.24) is 4.90 Å². The fourth-order valence-electron chi connectivity index (χ4n) is 4.33. The van der Waals surface area contributed by atoms with E-state index < -0.39 is 6.10 Å². The molecule has 0 radical (unpaired) electrons. The van der Waals surface area contributed by atoms with Gasteiger partial charge in [-0.3, -0.25) is 0 Å². The number of nitriles is 2. The number of hydrogen-bond acceptors (Lipinski definition) is 6. The predicted octanol–water partition coefficient (Wildman–Crippen LogP) is 2.15. The van der Waals surface area contributed by atoms with Gasteiger partial charge in [0.05, 0.1) is 18.6 Å². The summed E-state index contributed by atoms with van der Waals surface area (Å²) in [4.78, 5) is 2.01. The minimum absolute atomic E-state index is 0.0932. The molecule has 3 aliphatic rings. The van der Waals surface area contributed by atoms with Crippen LogP contribution in [0.25, 0.3) is 0 Å². The summed E-state index contributed by atoms with van der Waals surface area (Å²) in [5, 5.41) is 28.2. The second-order valence-electron chi connectivity index (χ2n) is 6.93. The molecule has 0 saturated carbocycles. The van der Waals surface area contributed by atoms with Crippen molar-refractivity contribution >= 4 is 0 Å². The standard InChI is InChI=1S/C20H19N3O3/c1-25-16-3-2-14-12-23(11-13(9-21)10-22)7-6-20-5-4-15(24)8-17(20)26-19(16)18(14)20/h2-5,11,15,17,24H,6-8,12H2,1H3/t15-,17-,20-/m0/s1. The van der Waals surface area contributed by atoms with Crippen molar-refractivity contribution in [2.75, 3.05) is 13.7 Å². The number of methoxy groups -OCH3 is 1. The normalized spacial score (nSPS) is 27.9. The predicted molar refractivity (Wildman–Crippen MR) is 93.2 cm³/mol. The fraction of sp³-hybridized carbons (Fsp3) is 0.400. The van der Waals surface area contributed by atoms with Gasteiger partial charge in [-0.2, -0.15) is 10.5 Å². The Morgan fingerprint density at radius 3 is 2.96 bits per heavy atom. The Balaban J connectivity index is 1.85. The number of nitrogens with zero attached hydrogens (tertiary/aromatic N) is 3. The molecule has 0 bridgehead atoms. The highest BCUT2D eigenvalue weighted by atomic mass is 16.5. The molecule has 6 heteroatoms. The Morgan fingerprint density at radius 1 is 1.42 bits per heavy atom. The van der Waals surface area contributed by atoms with E-state index in [0.29, 0.717) is 25.3 Å². The van der Waals surface area contributed by atoms with Gasteiger partial charge in [0, 0.05) is 31.3 Å². The molecule has 26 heavy (non-hydrogen) atoms. The Morgan fingerprint density at radius 2 is 2.23 bits per heavy atom. The Bertz CT molecular complexity index is 877. The number of allylic oxidation sites excluding steroid dienone is 1. The molecule has 1 aromatic carbocycles. The molecule has 1 aromatic rings. The molecule has 0 fully saturated rings.